The van der Waals surface area contributed by atoms with Gasteiger partial charge in [-0.05, 0) is 32.2 Å². The van der Waals surface area contributed by atoms with Crippen LogP contribution >= 0.6 is 0 Å². The first-order chi connectivity index (χ1) is 7.01. The summed E-state index contributed by atoms with van der Waals surface area (Å²) < 4.78 is 40.4. The Morgan fingerprint density at radius 1 is 1.27 bits per heavy atom. The number of rotatable bonds is 6. The fourth-order valence-corrected chi connectivity index (χ4v) is 1.68. The molecule has 0 atom stereocenters. The van der Waals surface area contributed by atoms with Crippen molar-refractivity contribution in [1.29, 1.82) is 0 Å². The Morgan fingerprint density at radius 3 is 2.47 bits per heavy atom. The van der Waals surface area contributed by atoms with Crippen molar-refractivity contribution < 1.29 is 17.9 Å². The molecule has 1 N–H and O–H groups in total. The first-order valence-corrected chi connectivity index (χ1v) is 5.34. The Balaban J connectivity index is 1.86. The van der Waals surface area contributed by atoms with Gasteiger partial charge in [0.15, 0.2) is 0 Å². The summed E-state index contributed by atoms with van der Waals surface area (Å²) in [5.41, 5.74) is 0. The lowest BCUT2D eigenvalue weighted by molar-refractivity contribution is -0.135. The standard InChI is InChI=1S/C10H18F3NO/c1-15-9-6-8(7-9)14-5-3-2-4-10(11,12)13/h8-9,14H,2-7H2,1H3. The first kappa shape index (κ1) is 12.8. The number of hydrogen-bond donors (Lipinski definition) is 1. The van der Waals surface area contributed by atoms with Crippen molar-refractivity contribution in [3.05, 3.63) is 0 Å². The molecule has 0 radical (unpaired) electrons. The molecule has 0 spiro atoms. The third-order valence-electron chi connectivity index (χ3n) is 2.75. The first-order valence-electron chi connectivity index (χ1n) is 5.34. The number of methoxy groups -OCH3 is 1. The summed E-state index contributed by atoms with van der Waals surface area (Å²) in [4.78, 5) is 0. The molecule has 0 amide bonds. The van der Waals surface area contributed by atoms with Gasteiger partial charge in [-0.15, -0.1) is 0 Å². The normalized spacial score (nSPS) is 26.4. The van der Waals surface area contributed by atoms with E-state index in [1.807, 2.05) is 0 Å². The van der Waals surface area contributed by atoms with Crippen LogP contribution in [0.25, 0.3) is 0 Å². The molecule has 0 saturated heterocycles. The third kappa shape index (κ3) is 5.37. The smallest absolute Gasteiger partial charge is 0.381 e. The highest BCUT2D eigenvalue weighted by Gasteiger charge is 2.28. The van der Waals surface area contributed by atoms with Crippen molar-refractivity contribution in [1.82, 2.24) is 5.32 Å². The van der Waals surface area contributed by atoms with Crippen molar-refractivity contribution in [2.75, 3.05) is 13.7 Å². The molecule has 0 aliphatic heterocycles. The topological polar surface area (TPSA) is 21.3 Å². The second-order valence-electron chi connectivity index (χ2n) is 4.05. The summed E-state index contributed by atoms with van der Waals surface area (Å²) in [7, 11) is 1.68. The zero-order chi connectivity index (χ0) is 11.3. The van der Waals surface area contributed by atoms with Crippen LogP contribution in [0, 0.1) is 0 Å². The van der Waals surface area contributed by atoms with E-state index >= 15 is 0 Å². The molecular weight excluding hydrogens is 207 g/mol. The van der Waals surface area contributed by atoms with E-state index in [0.717, 1.165) is 12.8 Å². The van der Waals surface area contributed by atoms with Gasteiger partial charge in [0.05, 0.1) is 6.10 Å². The molecule has 0 heterocycles. The third-order valence-corrected chi connectivity index (χ3v) is 2.75. The lowest BCUT2D eigenvalue weighted by Crippen LogP contribution is -2.45. The minimum absolute atomic E-state index is 0.219. The molecule has 0 bridgehead atoms. The summed E-state index contributed by atoms with van der Waals surface area (Å²) in [6.07, 6.45) is -1.55. The average Bonchev–Trinajstić information content (AvgIpc) is 2.05. The fourth-order valence-electron chi connectivity index (χ4n) is 1.68. The molecule has 1 aliphatic carbocycles. The summed E-state index contributed by atoms with van der Waals surface area (Å²) in [5, 5.41) is 3.22. The maximum Gasteiger partial charge on any atom is 0.389 e. The maximum atomic E-state index is 11.8. The Kier molecular flexibility index (Phi) is 4.86. The second kappa shape index (κ2) is 5.70. The van der Waals surface area contributed by atoms with Crippen LogP contribution in [-0.4, -0.2) is 32.0 Å². The molecule has 90 valence electrons. The summed E-state index contributed by atoms with van der Waals surface area (Å²) in [6.45, 7) is 0.678. The van der Waals surface area contributed by atoms with Gasteiger partial charge in [0.25, 0.3) is 0 Å². The Bertz CT molecular complexity index is 178. The molecule has 0 aromatic rings. The summed E-state index contributed by atoms with van der Waals surface area (Å²) in [5.74, 6) is 0. The maximum absolute atomic E-state index is 11.8. The predicted molar refractivity (Wildman–Crippen MR) is 51.7 cm³/mol. The monoisotopic (exact) mass is 225 g/mol. The van der Waals surface area contributed by atoms with E-state index in [4.69, 9.17) is 4.74 Å². The van der Waals surface area contributed by atoms with Crippen LogP contribution in [0.4, 0.5) is 13.2 Å². The van der Waals surface area contributed by atoms with E-state index < -0.39 is 12.6 Å². The highest BCUT2D eigenvalue weighted by Crippen LogP contribution is 2.23. The second-order valence-corrected chi connectivity index (χ2v) is 4.05. The van der Waals surface area contributed by atoms with Crippen LogP contribution in [0.1, 0.15) is 32.1 Å². The molecule has 0 unspecified atom stereocenters. The summed E-state index contributed by atoms with van der Waals surface area (Å²) >= 11 is 0. The molecule has 15 heavy (non-hydrogen) atoms. The lowest BCUT2D eigenvalue weighted by atomic mass is 9.89. The van der Waals surface area contributed by atoms with Gasteiger partial charge >= 0.3 is 6.18 Å². The van der Waals surface area contributed by atoms with Gasteiger partial charge in [-0.25, -0.2) is 0 Å². The lowest BCUT2D eigenvalue weighted by Gasteiger charge is -2.34. The van der Waals surface area contributed by atoms with Crippen LogP contribution < -0.4 is 5.32 Å². The van der Waals surface area contributed by atoms with Crippen molar-refractivity contribution in [2.24, 2.45) is 0 Å². The molecule has 5 heteroatoms. The van der Waals surface area contributed by atoms with Crippen LogP contribution in [0.3, 0.4) is 0 Å². The molecular formula is C10H18F3NO. The number of halogens is 3. The van der Waals surface area contributed by atoms with E-state index in [-0.39, 0.29) is 6.42 Å². The summed E-state index contributed by atoms with van der Waals surface area (Å²) in [6, 6.07) is 0.445. The highest BCUT2D eigenvalue weighted by atomic mass is 19.4. The molecule has 0 aromatic carbocycles. The van der Waals surface area contributed by atoms with Crippen molar-refractivity contribution in [3.8, 4) is 0 Å². The molecule has 1 rings (SSSR count). The number of alkyl halides is 3. The minimum Gasteiger partial charge on any atom is -0.381 e. The molecule has 1 fully saturated rings. The van der Waals surface area contributed by atoms with Gasteiger partial charge in [0.1, 0.15) is 0 Å². The van der Waals surface area contributed by atoms with Gasteiger partial charge in [-0.2, -0.15) is 13.2 Å². The fraction of sp³-hybridized carbons (Fsp3) is 1.00. The number of ether oxygens (including phenoxy) is 1. The number of nitrogens with one attached hydrogen (secondary N) is 1. The highest BCUT2D eigenvalue weighted by molar-refractivity contribution is 4.85. The number of hydrogen-bond acceptors (Lipinski definition) is 2. The van der Waals surface area contributed by atoms with Crippen molar-refractivity contribution in [2.45, 2.75) is 50.4 Å². The largest absolute Gasteiger partial charge is 0.389 e. The SMILES string of the molecule is COC1CC(NCCCCC(F)(F)F)C1. The van der Waals surface area contributed by atoms with Crippen molar-refractivity contribution >= 4 is 0 Å². The molecule has 1 saturated carbocycles. The van der Waals surface area contributed by atoms with E-state index in [9.17, 15) is 13.2 Å². The molecule has 1 aliphatic rings. The van der Waals surface area contributed by atoms with Gasteiger partial charge in [0.2, 0.25) is 0 Å². The van der Waals surface area contributed by atoms with Crippen LogP contribution in [0.15, 0.2) is 0 Å². The Hall–Kier alpha value is -0.290. The van der Waals surface area contributed by atoms with Gasteiger partial charge in [-0.3, -0.25) is 0 Å². The Labute approximate surface area is 88.2 Å². The minimum atomic E-state index is -4.00. The van der Waals surface area contributed by atoms with Crippen LogP contribution in [-0.2, 0) is 4.74 Å². The zero-order valence-corrected chi connectivity index (χ0v) is 8.94. The zero-order valence-electron chi connectivity index (χ0n) is 8.94. The predicted octanol–water partition coefficient (Wildman–Crippen LogP) is 2.49. The van der Waals surface area contributed by atoms with E-state index in [0.29, 0.717) is 25.1 Å². The average molecular weight is 225 g/mol. The van der Waals surface area contributed by atoms with Crippen LogP contribution in [0.5, 0.6) is 0 Å². The quantitative estimate of drug-likeness (QED) is 0.701. The van der Waals surface area contributed by atoms with E-state index in [1.165, 1.54) is 0 Å². The van der Waals surface area contributed by atoms with Gasteiger partial charge in [-0.1, -0.05) is 0 Å². The molecule has 0 aromatic heterocycles. The van der Waals surface area contributed by atoms with Gasteiger partial charge < -0.3 is 10.1 Å². The van der Waals surface area contributed by atoms with E-state index in [1.54, 1.807) is 7.11 Å². The van der Waals surface area contributed by atoms with Gasteiger partial charge in [0, 0.05) is 19.6 Å². The Morgan fingerprint density at radius 2 is 1.93 bits per heavy atom. The van der Waals surface area contributed by atoms with Crippen molar-refractivity contribution in [3.63, 3.8) is 0 Å². The number of unbranched alkanes of at least 4 members (excludes halogenated alkanes) is 1. The molecule has 2 nitrogen and oxygen atoms in total. The van der Waals surface area contributed by atoms with E-state index in [2.05, 4.69) is 5.32 Å². The van der Waals surface area contributed by atoms with Crippen LogP contribution in [0.2, 0.25) is 0 Å².